The van der Waals surface area contributed by atoms with E-state index in [4.69, 9.17) is 11.1 Å². The molecule has 0 bridgehead atoms. The molecule has 1 aliphatic rings. The fourth-order valence-electron chi connectivity index (χ4n) is 0.740. The number of nitrogens with two attached hydrogens (primary N) is 1. The first-order valence-electron chi connectivity index (χ1n) is 3.12. The van der Waals surface area contributed by atoms with Crippen LogP contribution in [0.5, 0.6) is 0 Å². The van der Waals surface area contributed by atoms with E-state index in [0.29, 0.717) is 0 Å². The molecule has 0 saturated carbocycles. The lowest BCUT2D eigenvalue weighted by Gasteiger charge is -2.26. The first-order valence-corrected chi connectivity index (χ1v) is 3.12. The van der Waals surface area contributed by atoms with Crippen molar-refractivity contribution >= 4 is 5.84 Å². The second kappa shape index (κ2) is 2.17. The Bertz CT molecular complexity index is 205. The lowest BCUT2D eigenvalue weighted by atomic mass is 9.99. The summed E-state index contributed by atoms with van der Waals surface area (Å²) < 4.78 is 0. The van der Waals surface area contributed by atoms with Crippen molar-refractivity contribution < 1.29 is 0 Å². The third-order valence-corrected chi connectivity index (χ3v) is 1.58. The fraction of sp³-hybridized carbons (Fsp3) is 0.286. The lowest BCUT2D eigenvalue weighted by Crippen LogP contribution is -2.49. The molecular weight excluding hydrogens is 126 g/mol. The van der Waals surface area contributed by atoms with E-state index in [2.05, 4.69) is 5.32 Å². The van der Waals surface area contributed by atoms with Crippen LogP contribution in [-0.4, -0.2) is 11.4 Å². The van der Waals surface area contributed by atoms with Crippen molar-refractivity contribution in [2.24, 2.45) is 5.73 Å². The highest BCUT2D eigenvalue weighted by molar-refractivity contribution is 5.89. The van der Waals surface area contributed by atoms with Crippen LogP contribution < -0.4 is 11.1 Å². The maximum Gasteiger partial charge on any atom is 0.121 e. The SMILES string of the molecule is CC1(C(=N)N)C=CC=CN1. The maximum absolute atomic E-state index is 7.22. The van der Waals surface area contributed by atoms with Gasteiger partial charge in [-0.05, 0) is 19.2 Å². The number of nitrogens with one attached hydrogen (secondary N) is 2. The average molecular weight is 137 g/mol. The van der Waals surface area contributed by atoms with Gasteiger partial charge >= 0.3 is 0 Å². The summed E-state index contributed by atoms with van der Waals surface area (Å²) in [6, 6.07) is 0. The molecule has 0 radical (unpaired) electrons. The zero-order valence-electron chi connectivity index (χ0n) is 5.89. The summed E-state index contributed by atoms with van der Waals surface area (Å²) in [4.78, 5) is 0. The van der Waals surface area contributed by atoms with Gasteiger partial charge in [-0.25, -0.2) is 0 Å². The smallest absolute Gasteiger partial charge is 0.121 e. The van der Waals surface area contributed by atoms with Gasteiger partial charge in [-0.2, -0.15) is 0 Å². The molecule has 10 heavy (non-hydrogen) atoms. The number of hydrogen-bond donors (Lipinski definition) is 3. The fourth-order valence-corrected chi connectivity index (χ4v) is 0.740. The van der Waals surface area contributed by atoms with Crippen LogP contribution >= 0.6 is 0 Å². The Morgan fingerprint density at radius 3 is 2.60 bits per heavy atom. The molecule has 0 aromatic carbocycles. The summed E-state index contributed by atoms with van der Waals surface area (Å²) in [6.45, 7) is 1.86. The number of amidine groups is 1. The van der Waals surface area contributed by atoms with E-state index in [1.807, 2.05) is 25.2 Å². The van der Waals surface area contributed by atoms with E-state index in [0.717, 1.165) is 0 Å². The van der Waals surface area contributed by atoms with Crippen molar-refractivity contribution in [2.75, 3.05) is 0 Å². The molecule has 0 fully saturated rings. The van der Waals surface area contributed by atoms with Crippen molar-refractivity contribution in [1.29, 1.82) is 5.41 Å². The summed E-state index contributed by atoms with van der Waals surface area (Å²) in [5, 5.41) is 10.2. The quantitative estimate of drug-likeness (QED) is 0.361. The van der Waals surface area contributed by atoms with Gasteiger partial charge in [-0.3, -0.25) is 5.41 Å². The van der Waals surface area contributed by atoms with Crippen molar-refractivity contribution in [3.05, 3.63) is 24.4 Å². The predicted molar refractivity (Wildman–Crippen MR) is 41.7 cm³/mol. The van der Waals surface area contributed by atoms with Crippen LogP contribution in [0.2, 0.25) is 0 Å². The maximum atomic E-state index is 7.22. The van der Waals surface area contributed by atoms with Gasteiger partial charge in [0.05, 0.1) is 0 Å². The van der Waals surface area contributed by atoms with Gasteiger partial charge in [0.15, 0.2) is 0 Å². The molecule has 3 heteroatoms. The first kappa shape index (κ1) is 6.86. The summed E-state index contributed by atoms with van der Waals surface area (Å²) >= 11 is 0. The molecule has 3 nitrogen and oxygen atoms in total. The molecule has 0 aliphatic carbocycles. The Hall–Kier alpha value is -1.25. The third kappa shape index (κ3) is 1.03. The summed E-state index contributed by atoms with van der Waals surface area (Å²) in [6.07, 6.45) is 7.37. The molecule has 1 heterocycles. The van der Waals surface area contributed by atoms with Crippen molar-refractivity contribution in [1.82, 2.24) is 5.32 Å². The number of dihydropyridines is 1. The van der Waals surface area contributed by atoms with Gasteiger partial charge in [0.2, 0.25) is 0 Å². The number of hydrogen-bond acceptors (Lipinski definition) is 2. The molecule has 54 valence electrons. The molecule has 1 atom stereocenters. The van der Waals surface area contributed by atoms with Gasteiger partial charge in [0.1, 0.15) is 11.4 Å². The van der Waals surface area contributed by atoms with Crippen LogP contribution in [0.15, 0.2) is 24.4 Å². The highest BCUT2D eigenvalue weighted by Gasteiger charge is 2.23. The molecule has 0 aromatic rings. The molecule has 1 unspecified atom stereocenters. The molecule has 4 N–H and O–H groups in total. The molecule has 0 aromatic heterocycles. The summed E-state index contributed by atoms with van der Waals surface area (Å²) in [7, 11) is 0. The van der Waals surface area contributed by atoms with Crippen molar-refractivity contribution in [3.8, 4) is 0 Å². The number of rotatable bonds is 1. The monoisotopic (exact) mass is 137 g/mol. The minimum Gasteiger partial charge on any atom is -0.385 e. The van der Waals surface area contributed by atoms with Crippen LogP contribution in [0, 0.1) is 5.41 Å². The Kier molecular flexibility index (Phi) is 1.49. The van der Waals surface area contributed by atoms with Gasteiger partial charge in [0, 0.05) is 0 Å². The van der Waals surface area contributed by atoms with Crippen LogP contribution in [0.25, 0.3) is 0 Å². The van der Waals surface area contributed by atoms with E-state index in [-0.39, 0.29) is 5.84 Å². The first-order chi connectivity index (χ1) is 4.65. The molecule has 0 spiro atoms. The summed E-state index contributed by atoms with van der Waals surface area (Å²) in [5.74, 6) is 0.133. The van der Waals surface area contributed by atoms with E-state index >= 15 is 0 Å². The summed E-state index contributed by atoms with van der Waals surface area (Å²) in [5.41, 5.74) is 4.86. The minimum absolute atomic E-state index is 0.133. The van der Waals surface area contributed by atoms with E-state index in [1.54, 1.807) is 6.20 Å². The zero-order valence-corrected chi connectivity index (χ0v) is 5.89. The number of allylic oxidation sites excluding steroid dienone is 2. The second-order valence-electron chi connectivity index (χ2n) is 2.48. The standard InChI is InChI=1S/C7H11N3/c1-7(6(8)9)4-2-3-5-10-7/h2-5,10H,1H3,(H3,8,9). The zero-order chi connectivity index (χ0) is 7.61. The minimum atomic E-state index is -0.477. The molecular formula is C7H11N3. The van der Waals surface area contributed by atoms with Crippen molar-refractivity contribution in [3.63, 3.8) is 0 Å². The Labute approximate surface area is 60.1 Å². The van der Waals surface area contributed by atoms with Crippen LogP contribution in [-0.2, 0) is 0 Å². The third-order valence-electron chi connectivity index (χ3n) is 1.58. The highest BCUT2D eigenvalue weighted by Crippen LogP contribution is 2.08. The lowest BCUT2D eigenvalue weighted by molar-refractivity contribution is 0.640. The highest BCUT2D eigenvalue weighted by atomic mass is 15.0. The second-order valence-corrected chi connectivity index (χ2v) is 2.48. The normalized spacial score (nSPS) is 29.7. The molecule has 0 saturated heterocycles. The molecule has 1 aliphatic heterocycles. The van der Waals surface area contributed by atoms with Gasteiger partial charge in [-0.1, -0.05) is 12.2 Å². The van der Waals surface area contributed by atoms with E-state index < -0.39 is 5.54 Å². The van der Waals surface area contributed by atoms with Crippen LogP contribution in [0.3, 0.4) is 0 Å². The van der Waals surface area contributed by atoms with Gasteiger partial charge < -0.3 is 11.1 Å². The van der Waals surface area contributed by atoms with E-state index in [1.165, 1.54) is 0 Å². The van der Waals surface area contributed by atoms with Crippen LogP contribution in [0.4, 0.5) is 0 Å². The Morgan fingerprint density at radius 1 is 1.60 bits per heavy atom. The molecule has 0 amide bonds. The van der Waals surface area contributed by atoms with Crippen molar-refractivity contribution in [2.45, 2.75) is 12.5 Å². The average Bonchev–Trinajstić information content (AvgIpc) is 1.89. The molecule has 1 rings (SSSR count). The van der Waals surface area contributed by atoms with Crippen LogP contribution in [0.1, 0.15) is 6.92 Å². The Morgan fingerprint density at radius 2 is 2.30 bits per heavy atom. The van der Waals surface area contributed by atoms with Gasteiger partial charge in [-0.15, -0.1) is 0 Å². The largest absolute Gasteiger partial charge is 0.385 e. The Balaban J connectivity index is 2.80. The topological polar surface area (TPSA) is 61.9 Å². The van der Waals surface area contributed by atoms with Gasteiger partial charge in [0.25, 0.3) is 0 Å². The van der Waals surface area contributed by atoms with E-state index in [9.17, 15) is 0 Å². The predicted octanol–water partition coefficient (Wildman–Crippen LogP) is 0.354.